The zero-order valence-corrected chi connectivity index (χ0v) is 15.0. The molecular formula is C22H27N3. The van der Waals surface area contributed by atoms with Crippen LogP contribution in [0.3, 0.4) is 0 Å². The Kier molecular flexibility index (Phi) is 4.84. The molecule has 0 amide bonds. The van der Waals surface area contributed by atoms with Gasteiger partial charge in [-0.1, -0.05) is 49.6 Å². The number of aromatic nitrogens is 2. The molecule has 1 aromatic heterocycles. The number of nitrogens with zero attached hydrogens (tertiary/aromatic N) is 1. The molecule has 0 bridgehead atoms. The van der Waals surface area contributed by atoms with Gasteiger partial charge in [0.25, 0.3) is 0 Å². The average Bonchev–Trinajstić information content (AvgIpc) is 3.14. The summed E-state index contributed by atoms with van der Waals surface area (Å²) in [5.41, 5.74) is 7.29. The molecule has 0 spiro atoms. The van der Waals surface area contributed by atoms with Crippen molar-refractivity contribution >= 4 is 11.0 Å². The summed E-state index contributed by atoms with van der Waals surface area (Å²) in [6.45, 7) is 4.28. The molecule has 2 aromatic carbocycles. The van der Waals surface area contributed by atoms with E-state index in [-0.39, 0.29) is 0 Å². The Morgan fingerprint density at radius 2 is 1.84 bits per heavy atom. The summed E-state index contributed by atoms with van der Waals surface area (Å²) in [5, 5.41) is 3.65. The van der Waals surface area contributed by atoms with Gasteiger partial charge in [-0.05, 0) is 60.5 Å². The molecule has 4 rings (SSSR count). The highest BCUT2D eigenvalue weighted by Gasteiger charge is 2.12. The van der Waals surface area contributed by atoms with Crippen LogP contribution in [0, 0.1) is 12.8 Å². The van der Waals surface area contributed by atoms with E-state index < -0.39 is 0 Å². The predicted octanol–water partition coefficient (Wildman–Crippen LogP) is 5.21. The molecule has 3 heteroatoms. The van der Waals surface area contributed by atoms with Gasteiger partial charge in [-0.2, -0.15) is 0 Å². The molecule has 0 atom stereocenters. The number of imidazole rings is 1. The SMILES string of the molecule is Cc1c(-c2ccc(CNCC3CCCCC3)cc2)ccc2[nH]cnc12. The van der Waals surface area contributed by atoms with Crippen LogP contribution in [0.25, 0.3) is 22.2 Å². The van der Waals surface area contributed by atoms with Crippen molar-refractivity contribution in [2.45, 2.75) is 45.6 Å². The molecule has 0 aliphatic heterocycles. The van der Waals surface area contributed by atoms with Gasteiger partial charge >= 0.3 is 0 Å². The van der Waals surface area contributed by atoms with Crippen LogP contribution in [0.4, 0.5) is 0 Å². The van der Waals surface area contributed by atoms with Crippen molar-refractivity contribution in [3.8, 4) is 11.1 Å². The number of nitrogens with one attached hydrogen (secondary N) is 2. The summed E-state index contributed by atoms with van der Waals surface area (Å²) in [7, 11) is 0. The fraction of sp³-hybridized carbons (Fsp3) is 0.409. The molecule has 0 saturated heterocycles. The van der Waals surface area contributed by atoms with E-state index in [2.05, 4.69) is 58.6 Å². The molecule has 1 saturated carbocycles. The lowest BCUT2D eigenvalue weighted by atomic mass is 9.89. The molecule has 0 unspecified atom stereocenters. The van der Waals surface area contributed by atoms with Crippen molar-refractivity contribution < 1.29 is 0 Å². The van der Waals surface area contributed by atoms with Gasteiger partial charge in [0.05, 0.1) is 17.4 Å². The van der Waals surface area contributed by atoms with Crippen LogP contribution in [-0.4, -0.2) is 16.5 Å². The minimum Gasteiger partial charge on any atom is -0.345 e. The van der Waals surface area contributed by atoms with Crippen LogP contribution in [0.2, 0.25) is 0 Å². The van der Waals surface area contributed by atoms with Crippen molar-refractivity contribution in [1.29, 1.82) is 0 Å². The maximum absolute atomic E-state index is 4.44. The van der Waals surface area contributed by atoms with E-state index in [0.29, 0.717) is 0 Å². The van der Waals surface area contributed by atoms with Gasteiger partial charge in [0.2, 0.25) is 0 Å². The van der Waals surface area contributed by atoms with E-state index in [0.717, 1.165) is 30.0 Å². The second-order valence-electron chi connectivity index (χ2n) is 7.37. The number of aromatic amines is 1. The number of fused-ring (bicyclic) bond motifs is 1. The Hall–Kier alpha value is -2.13. The molecule has 0 radical (unpaired) electrons. The number of benzene rings is 2. The van der Waals surface area contributed by atoms with Gasteiger partial charge < -0.3 is 10.3 Å². The summed E-state index contributed by atoms with van der Waals surface area (Å²) in [4.78, 5) is 7.62. The lowest BCUT2D eigenvalue weighted by Crippen LogP contribution is -2.24. The van der Waals surface area contributed by atoms with Crippen molar-refractivity contribution in [1.82, 2.24) is 15.3 Å². The third kappa shape index (κ3) is 3.62. The third-order valence-corrected chi connectivity index (χ3v) is 5.60. The Morgan fingerprint density at radius 1 is 1.04 bits per heavy atom. The fourth-order valence-corrected chi connectivity index (χ4v) is 4.08. The zero-order chi connectivity index (χ0) is 17.1. The van der Waals surface area contributed by atoms with Crippen molar-refractivity contribution in [2.75, 3.05) is 6.54 Å². The number of H-pyrrole nitrogens is 1. The van der Waals surface area contributed by atoms with Gasteiger partial charge in [-0.3, -0.25) is 0 Å². The van der Waals surface area contributed by atoms with Crippen molar-refractivity contribution in [2.24, 2.45) is 5.92 Å². The van der Waals surface area contributed by atoms with Gasteiger partial charge in [-0.15, -0.1) is 0 Å². The highest BCUT2D eigenvalue weighted by Crippen LogP contribution is 2.28. The Bertz CT molecular complexity index is 826. The highest BCUT2D eigenvalue weighted by atomic mass is 14.9. The second-order valence-corrected chi connectivity index (χ2v) is 7.37. The highest BCUT2D eigenvalue weighted by molar-refractivity contribution is 5.86. The third-order valence-electron chi connectivity index (χ3n) is 5.60. The van der Waals surface area contributed by atoms with Gasteiger partial charge in [0.15, 0.2) is 0 Å². The van der Waals surface area contributed by atoms with Gasteiger partial charge in [0.1, 0.15) is 0 Å². The molecule has 25 heavy (non-hydrogen) atoms. The van der Waals surface area contributed by atoms with Gasteiger partial charge in [-0.25, -0.2) is 4.98 Å². The van der Waals surface area contributed by atoms with Crippen LogP contribution in [0.1, 0.15) is 43.2 Å². The molecule has 2 N–H and O–H groups in total. The Balaban J connectivity index is 1.41. The first kappa shape index (κ1) is 16.3. The van der Waals surface area contributed by atoms with E-state index in [9.17, 15) is 0 Å². The normalized spacial score (nSPS) is 15.7. The molecule has 1 heterocycles. The first-order valence-electron chi connectivity index (χ1n) is 9.54. The van der Waals surface area contributed by atoms with E-state index in [1.807, 2.05) is 0 Å². The lowest BCUT2D eigenvalue weighted by molar-refractivity contribution is 0.342. The average molecular weight is 333 g/mol. The molecule has 3 nitrogen and oxygen atoms in total. The summed E-state index contributed by atoms with van der Waals surface area (Å²) in [5.74, 6) is 0.885. The van der Waals surface area contributed by atoms with Crippen LogP contribution in [-0.2, 0) is 6.54 Å². The molecular weight excluding hydrogens is 306 g/mol. The second kappa shape index (κ2) is 7.40. The molecule has 1 fully saturated rings. The fourth-order valence-electron chi connectivity index (χ4n) is 4.08. The largest absolute Gasteiger partial charge is 0.345 e. The predicted molar refractivity (Wildman–Crippen MR) is 105 cm³/mol. The Labute approximate surface area is 149 Å². The number of aryl methyl sites for hydroxylation is 1. The maximum atomic E-state index is 4.44. The number of hydrogen-bond donors (Lipinski definition) is 2. The standard InChI is InChI=1S/C22H27N3/c1-16-20(11-12-21-22(16)25-15-24-21)19-9-7-18(8-10-19)14-23-13-17-5-3-2-4-6-17/h7-12,15,17,23H,2-6,13-14H2,1H3,(H,24,25). The Morgan fingerprint density at radius 3 is 2.64 bits per heavy atom. The number of hydrogen-bond acceptors (Lipinski definition) is 2. The number of rotatable bonds is 5. The van der Waals surface area contributed by atoms with Crippen molar-refractivity contribution in [3.63, 3.8) is 0 Å². The van der Waals surface area contributed by atoms with E-state index in [1.54, 1.807) is 6.33 Å². The van der Waals surface area contributed by atoms with Crippen molar-refractivity contribution in [3.05, 3.63) is 53.9 Å². The summed E-state index contributed by atoms with van der Waals surface area (Å²) in [6, 6.07) is 13.3. The summed E-state index contributed by atoms with van der Waals surface area (Å²) >= 11 is 0. The monoisotopic (exact) mass is 333 g/mol. The minimum atomic E-state index is 0.885. The molecule has 1 aliphatic rings. The van der Waals surface area contributed by atoms with E-state index >= 15 is 0 Å². The van der Waals surface area contributed by atoms with Crippen LogP contribution in [0.15, 0.2) is 42.7 Å². The maximum Gasteiger partial charge on any atom is 0.0931 e. The smallest absolute Gasteiger partial charge is 0.0931 e. The van der Waals surface area contributed by atoms with Gasteiger partial charge in [0, 0.05) is 6.54 Å². The first-order valence-corrected chi connectivity index (χ1v) is 9.54. The van der Waals surface area contributed by atoms with E-state index in [4.69, 9.17) is 0 Å². The topological polar surface area (TPSA) is 40.7 Å². The van der Waals surface area contributed by atoms with E-state index in [1.165, 1.54) is 54.4 Å². The molecule has 130 valence electrons. The zero-order valence-electron chi connectivity index (χ0n) is 15.0. The lowest BCUT2D eigenvalue weighted by Gasteiger charge is -2.21. The molecule has 3 aromatic rings. The van der Waals surface area contributed by atoms with Crippen LogP contribution < -0.4 is 5.32 Å². The van der Waals surface area contributed by atoms with Crippen LogP contribution in [0.5, 0.6) is 0 Å². The van der Waals surface area contributed by atoms with Crippen LogP contribution >= 0.6 is 0 Å². The quantitative estimate of drug-likeness (QED) is 0.673. The summed E-state index contributed by atoms with van der Waals surface area (Å²) < 4.78 is 0. The first-order chi connectivity index (χ1) is 12.3. The summed E-state index contributed by atoms with van der Waals surface area (Å²) in [6.07, 6.45) is 8.84. The molecule has 1 aliphatic carbocycles. The minimum absolute atomic E-state index is 0.885.